The molecule has 0 aliphatic rings. The second kappa shape index (κ2) is 5.63. The quantitative estimate of drug-likeness (QED) is 0.713. The van der Waals surface area contributed by atoms with Gasteiger partial charge in [0.1, 0.15) is 12.1 Å². The van der Waals surface area contributed by atoms with E-state index in [1.165, 1.54) is 5.01 Å². The first-order valence-corrected chi connectivity index (χ1v) is 7.60. The summed E-state index contributed by atoms with van der Waals surface area (Å²) in [6, 6.07) is 1.93. The lowest BCUT2D eigenvalue weighted by Gasteiger charge is -2.05. The molecule has 0 amide bonds. The maximum absolute atomic E-state index is 5.12. The highest BCUT2D eigenvalue weighted by molar-refractivity contribution is 7.09. The molecule has 3 rings (SSSR count). The SMILES string of the molecule is CC(C)c1nc(CCn2ccnc2-c2ccoc2)cs1. The third-order valence-electron chi connectivity index (χ3n) is 3.17. The maximum Gasteiger partial charge on any atom is 0.143 e. The number of furan rings is 1. The highest BCUT2D eigenvalue weighted by Gasteiger charge is 2.09. The summed E-state index contributed by atoms with van der Waals surface area (Å²) in [6.45, 7) is 5.23. The Morgan fingerprint density at radius 3 is 3.00 bits per heavy atom. The van der Waals surface area contributed by atoms with E-state index in [4.69, 9.17) is 4.42 Å². The molecule has 104 valence electrons. The fraction of sp³-hybridized carbons (Fsp3) is 0.333. The van der Waals surface area contributed by atoms with Crippen LogP contribution in [0.1, 0.15) is 30.5 Å². The van der Waals surface area contributed by atoms with Crippen LogP contribution in [0.5, 0.6) is 0 Å². The molecule has 3 aromatic heterocycles. The minimum absolute atomic E-state index is 0.503. The summed E-state index contributed by atoms with van der Waals surface area (Å²) >= 11 is 1.75. The van der Waals surface area contributed by atoms with Crippen LogP contribution in [0.2, 0.25) is 0 Å². The molecule has 0 spiro atoms. The topological polar surface area (TPSA) is 43.9 Å². The van der Waals surface area contributed by atoms with Gasteiger partial charge in [-0.1, -0.05) is 13.8 Å². The van der Waals surface area contributed by atoms with E-state index in [1.54, 1.807) is 23.9 Å². The fourth-order valence-corrected chi connectivity index (χ4v) is 2.95. The average molecular weight is 287 g/mol. The van der Waals surface area contributed by atoms with Crippen LogP contribution in [-0.4, -0.2) is 14.5 Å². The number of thiazole rings is 1. The molecule has 3 heterocycles. The van der Waals surface area contributed by atoms with Crippen LogP contribution in [0.3, 0.4) is 0 Å². The van der Waals surface area contributed by atoms with Crippen LogP contribution >= 0.6 is 11.3 Å². The molecule has 0 fully saturated rings. The summed E-state index contributed by atoms with van der Waals surface area (Å²) in [6.07, 6.45) is 8.13. The molecule has 0 aliphatic carbocycles. The molecule has 4 nitrogen and oxygen atoms in total. The van der Waals surface area contributed by atoms with Crippen molar-refractivity contribution in [2.45, 2.75) is 32.7 Å². The number of rotatable bonds is 5. The van der Waals surface area contributed by atoms with Crippen molar-refractivity contribution in [1.29, 1.82) is 0 Å². The first-order chi connectivity index (χ1) is 9.74. The van der Waals surface area contributed by atoms with Gasteiger partial charge in [-0.3, -0.25) is 0 Å². The van der Waals surface area contributed by atoms with Crippen LogP contribution in [0, 0.1) is 0 Å². The van der Waals surface area contributed by atoms with E-state index in [2.05, 4.69) is 33.8 Å². The van der Waals surface area contributed by atoms with Crippen molar-refractivity contribution in [3.05, 3.63) is 47.1 Å². The lowest BCUT2D eigenvalue weighted by atomic mass is 10.2. The zero-order chi connectivity index (χ0) is 13.9. The van der Waals surface area contributed by atoms with Crippen LogP contribution in [-0.2, 0) is 13.0 Å². The standard InChI is InChI=1S/C15H17N3OS/c1-11(2)15-17-13(10-20-15)3-6-18-7-5-16-14(18)12-4-8-19-9-12/h4-5,7-11H,3,6H2,1-2H3. The Kier molecular flexibility index (Phi) is 3.69. The van der Waals surface area contributed by atoms with Gasteiger partial charge < -0.3 is 8.98 Å². The number of hydrogen-bond acceptors (Lipinski definition) is 4. The first kappa shape index (κ1) is 13.1. The maximum atomic E-state index is 5.12. The zero-order valence-electron chi connectivity index (χ0n) is 11.6. The smallest absolute Gasteiger partial charge is 0.143 e. The molecule has 5 heteroatoms. The molecule has 0 N–H and O–H groups in total. The second-order valence-corrected chi connectivity index (χ2v) is 5.93. The van der Waals surface area contributed by atoms with Crippen molar-refractivity contribution in [2.24, 2.45) is 0 Å². The van der Waals surface area contributed by atoms with E-state index in [9.17, 15) is 0 Å². The molecular formula is C15H17N3OS. The highest BCUT2D eigenvalue weighted by atomic mass is 32.1. The van der Waals surface area contributed by atoms with E-state index in [0.717, 1.165) is 30.0 Å². The molecular weight excluding hydrogens is 270 g/mol. The van der Waals surface area contributed by atoms with Gasteiger partial charge in [-0.05, 0) is 6.07 Å². The summed E-state index contributed by atoms with van der Waals surface area (Å²) in [5.41, 5.74) is 2.17. The molecule has 0 atom stereocenters. The summed E-state index contributed by atoms with van der Waals surface area (Å²) in [5, 5.41) is 3.37. The minimum atomic E-state index is 0.503. The van der Waals surface area contributed by atoms with E-state index < -0.39 is 0 Å². The van der Waals surface area contributed by atoms with Crippen molar-refractivity contribution in [2.75, 3.05) is 0 Å². The molecule has 0 aromatic carbocycles. The van der Waals surface area contributed by atoms with E-state index in [0.29, 0.717) is 5.92 Å². The Labute approximate surface area is 122 Å². The van der Waals surface area contributed by atoms with Gasteiger partial charge in [0, 0.05) is 36.7 Å². The lowest BCUT2D eigenvalue weighted by Crippen LogP contribution is -2.02. The van der Waals surface area contributed by atoms with Crippen molar-refractivity contribution in [1.82, 2.24) is 14.5 Å². The summed E-state index contributed by atoms with van der Waals surface area (Å²) in [5.74, 6) is 1.45. The number of hydrogen-bond donors (Lipinski definition) is 0. The third kappa shape index (κ3) is 2.67. The normalized spacial score (nSPS) is 11.3. The van der Waals surface area contributed by atoms with Gasteiger partial charge in [-0.15, -0.1) is 11.3 Å². The molecule has 0 saturated heterocycles. The average Bonchev–Trinajstić information content (AvgIpc) is 3.17. The van der Waals surface area contributed by atoms with E-state index in [1.807, 2.05) is 18.5 Å². The van der Waals surface area contributed by atoms with Crippen LogP contribution in [0.15, 0.2) is 40.8 Å². The number of nitrogens with zero attached hydrogens (tertiary/aromatic N) is 3. The second-order valence-electron chi connectivity index (χ2n) is 5.04. The van der Waals surface area contributed by atoms with Gasteiger partial charge in [0.25, 0.3) is 0 Å². The largest absolute Gasteiger partial charge is 0.472 e. The Balaban J connectivity index is 1.71. The summed E-state index contributed by atoms with van der Waals surface area (Å²) in [4.78, 5) is 9.06. The summed E-state index contributed by atoms with van der Waals surface area (Å²) in [7, 11) is 0. The van der Waals surface area contributed by atoms with Crippen LogP contribution < -0.4 is 0 Å². The van der Waals surface area contributed by atoms with Gasteiger partial charge >= 0.3 is 0 Å². The van der Waals surface area contributed by atoms with Gasteiger partial charge in [0.15, 0.2) is 0 Å². The Morgan fingerprint density at radius 2 is 2.30 bits per heavy atom. The molecule has 0 saturated carbocycles. The Hall–Kier alpha value is -1.88. The molecule has 0 radical (unpaired) electrons. The van der Waals surface area contributed by atoms with Crippen molar-refractivity contribution in [3.63, 3.8) is 0 Å². The van der Waals surface area contributed by atoms with Crippen LogP contribution in [0.4, 0.5) is 0 Å². The number of aromatic nitrogens is 3. The zero-order valence-corrected chi connectivity index (χ0v) is 12.4. The number of aryl methyl sites for hydroxylation is 2. The Bertz CT molecular complexity index is 667. The van der Waals surface area contributed by atoms with Crippen molar-refractivity contribution < 1.29 is 4.42 Å². The van der Waals surface area contributed by atoms with E-state index >= 15 is 0 Å². The van der Waals surface area contributed by atoms with Crippen LogP contribution in [0.25, 0.3) is 11.4 Å². The van der Waals surface area contributed by atoms with E-state index in [-0.39, 0.29) is 0 Å². The Morgan fingerprint density at radius 1 is 1.40 bits per heavy atom. The van der Waals surface area contributed by atoms with Gasteiger partial charge in [-0.2, -0.15) is 0 Å². The summed E-state index contributed by atoms with van der Waals surface area (Å²) < 4.78 is 7.26. The highest BCUT2D eigenvalue weighted by Crippen LogP contribution is 2.21. The molecule has 0 bridgehead atoms. The van der Waals surface area contributed by atoms with Gasteiger partial charge in [-0.25, -0.2) is 9.97 Å². The minimum Gasteiger partial charge on any atom is -0.472 e. The van der Waals surface area contributed by atoms with Gasteiger partial charge in [0.05, 0.1) is 22.5 Å². The number of imidazole rings is 1. The monoisotopic (exact) mass is 287 g/mol. The van der Waals surface area contributed by atoms with Gasteiger partial charge in [0.2, 0.25) is 0 Å². The third-order valence-corrected chi connectivity index (χ3v) is 4.36. The molecule has 20 heavy (non-hydrogen) atoms. The lowest BCUT2D eigenvalue weighted by molar-refractivity contribution is 0.567. The molecule has 0 aliphatic heterocycles. The fourth-order valence-electron chi connectivity index (χ4n) is 2.08. The molecule has 0 unspecified atom stereocenters. The first-order valence-electron chi connectivity index (χ1n) is 6.72. The van der Waals surface area contributed by atoms with Crippen molar-refractivity contribution >= 4 is 11.3 Å². The predicted molar refractivity (Wildman–Crippen MR) is 79.8 cm³/mol. The van der Waals surface area contributed by atoms with Crippen molar-refractivity contribution in [3.8, 4) is 11.4 Å². The molecule has 3 aromatic rings. The predicted octanol–water partition coefficient (Wildman–Crippen LogP) is 3.97.